The minimum Gasteiger partial charge on any atom is -0.506 e. The summed E-state index contributed by atoms with van der Waals surface area (Å²) in [4.78, 5) is 4.50. The van der Waals surface area contributed by atoms with Crippen molar-refractivity contribution in [3.8, 4) is 22.8 Å². The molecular weight excluding hydrogens is 346 g/mol. The zero-order chi connectivity index (χ0) is 16.9. The van der Waals surface area contributed by atoms with Gasteiger partial charge in [-0.1, -0.05) is 23.7 Å². The van der Waals surface area contributed by atoms with Gasteiger partial charge in [-0.15, -0.1) is 11.3 Å². The van der Waals surface area contributed by atoms with Crippen molar-refractivity contribution in [3.05, 3.63) is 58.4 Å². The van der Waals surface area contributed by atoms with E-state index in [2.05, 4.69) is 15.5 Å². The smallest absolute Gasteiger partial charge is 0.203 e. The van der Waals surface area contributed by atoms with Crippen LogP contribution in [0.1, 0.15) is 5.56 Å². The molecule has 0 fully saturated rings. The van der Waals surface area contributed by atoms with Crippen LogP contribution in [-0.2, 0) is 0 Å². The molecule has 122 valence electrons. The Bertz CT molecular complexity index is 880. The van der Waals surface area contributed by atoms with Crippen molar-refractivity contribution in [1.82, 2.24) is 4.98 Å². The molecule has 0 amide bonds. The molecule has 0 aliphatic carbocycles. The number of hydrazone groups is 1. The van der Waals surface area contributed by atoms with Gasteiger partial charge in [-0.2, -0.15) is 5.10 Å². The fourth-order valence-electron chi connectivity index (χ4n) is 2.07. The Morgan fingerprint density at radius 1 is 1.29 bits per heavy atom. The molecular formula is C17H14ClN3O2S. The first-order valence-electron chi connectivity index (χ1n) is 7.04. The van der Waals surface area contributed by atoms with Crippen LogP contribution in [0.3, 0.4) is 0 Å². The fourth-order valence-corrected chi connectivity index (χ4v) is 2.92. The van der Waals surface area contributed by atoms with Gasteiger partial charge in [0.25, 0.3) is 0 Å². The topological polar surface area (TPSA) is 66.7 Å². The summed E-state index contributed by atoms with van der Waals surface area (Å²) in [7, 11) is 1.64. The van der Waals surface area contributed by atoms with E-state index >= 15 is 0 Å². The van der Waals surface area contributed by atoms with Crippen molar-refractivity contribution < 1.29 is 9.84 Å². The molecule has 0 radical (unpaired) electrons. The molecule has 1 aromatic heterocycles. The molecule has 3 rings (SSSR count). The lowest BCUT2D eigenvalue weighted by Crippen LogP contribution is -1.91. The molecule has 7 heteroatoms. The Hall–Kier alpha value is -2.57. The van der Waals surface area contributed by atoms with Gasteiger partial charge in [0.1, 0.15) is 11.5 Å². The van der Waals surface area contributed by atoms with E-state index in [0.29, 0.717) is 5.13 Å². The largest absolute Gasteiger partial charge is 0.506 e. The molecule has 0 saturated heterocycles. The van der Waals surface area contributed by atoms with Crippen molar-refractivity contribution in [2.75, 3.05) is 12.5 Å². The summed E-state index contributed by atoms with van der Waals surface area (Å²) in [6, 6.07) is 12.6. The van der Waals surface area contributed by atoms with Crippen molar-refractivity contribution in [3.63, 3.8) is 0 Å². The molecule has 0 bridgehead atoms. The van der Waals surface area contributed by atoms with E-state index in [1.54, 1.807) is 25.5 Å². The standard InChI is InChI=1S/C17H14ClN3O2S/c1-23-16-5-3-2-4-12(16)14-10-24-17(20-14)21-19-9-11-6-7-15(22)13(18)8-11/h2-10,22H,1H3,(H,20,21)/b19-9-. The summed E-state index contributed by atoms with van der Waals surface area (Å²) in [5.74, 6) is 0.819. The molecule has 24 heavy (non-hydrogen) atoms. The molecule has 0 aliphatic rings. The lowest BCUT2D eigenvalue weighted by Gasteiger charge is -2.04. The van der Waals surface area contributed by atoms with Crippen LogP contribution in [0.5, 0.6) is 11.5 Å². The lowest BCUT2D eigenvalue weighted by molar-refractivity contribution is 0.416. The Morgan fingerprint density at radius 3 is 2.92 bits per heavy atom. The molecule has 2 aromatic carbocycles. The number of hydrogen-bond acceptors (Lipinski definition) is 6. The monoisotopic (exact) mass is 359 g/mol. The Kier molecular flexibility index (Phi) is 4.98. The highest BCUT2D eigenvalue weighted by molar-refractivity contribution is 7.14. The predicted molar refractivity (Wildman–Crippen MR) is 98.4 cm³/mol. The number of thiazole rings is 1. The third kappa shape index (κ3) is 3.67. The van der Waals surface area contributed by atoms with E-state index in [0.717, 1.165) is 22.6 Å². The second-order valence-corrected chi connectivity index (χ2v) is 6.08. The second kappa shape index (κ2) is 7.33. The van der Waals surface area contributed by atoms with E-state index in [4.69, 9.17) is 16.3 Å². The molecule has 0 spiro atoms. The Balaban J connectivity index is 1.72. The number of aromatic nitrogens is 1. The number of rotatable bonds is 5. The Morgan fingerprint density at radius 2 is 2.12 bits per heavy atom. The molecule has 3 aromatic rings. The van der Waals surface area contributed by atoms with Gasteiger partial charge in [0, 0.05) is 10.9 Å². The SMILES string of the molecule is COc1ccccc1-c1csc(N/N=C\c2ccc(O)c(Cl)c2)n1. The number of hydrogen-bond donors (Lipinski definition) is 2. The maximum atomic E-state index is 9.39. The zero-order valence-corrected chi connectivity index (χ0v) is 14.3. The van der Waals surface area contributed by atoms with Gasteiger partial charge in [0.2, 0.25) is 5.13 Å². The summed E-state index contributed by atoms with van der Waals surface area (Å²) >= 11 is 7.30. The van der Waals surface area contributed by atoms with Gasteiger partial charge >= 0.3 is 0 Å². The van der Waals surface area contributed by atoms with E-state index in [-0.39, 0.29) is 10.8 Å². The summed E-state index contributed by atoms with van der Waals surface area (Å²) in [6.45, 7) is 0. The number of halogens is 1. The first-order valence-corrected chi connectivity index (χ1v) is 8.29. The summed E-state index contributed by atoms with van der Waals surface area (Å²) < 4.78 is 5.35. The van der Waals surface area contributed by atoms with Crippen molar-refractivity contribution >= 4 is 34.3 Å². The number of aromatic hydroxyl groups is 1. The minimum atomic E-state index is 0.0446. The average Bonchev–Trinajstić information content (AvgIpc) is 3.07. The van der Waals surface area contributed by atoms with Gasteiger partial charge in [-0.05, 0) is 35.9 Å². The van der Waals surface area contributed by atoms with E-state index in [1.165, 1.54) is 17.4 Å². The molecule has 5 nitrogen and oxygen atoms in total. The summed E-state index contributed by atoms with van der Waals surface area (Å²) in [5.41, 5.74) is 5.41. The quantitative estimate of drug-likeness (QED) is 0.515. The molecule has 2 N–H and O–H groups in total. The molecule has 0 aliphatic heterocycles. The third-order valence-electron chi connectivity index (χ3n) is 3.23. The molecule has 0 atom stereocenters. The van der Waals surface area contributed by atoms with E-state index in [1.807, 2.05) is 29.6 Å². The third-order valence-corrected chi connectivity index (χ3v) is 4.28. The number of phenols is 1. The Labute approximate surface area is 148 Å². The highest BCUT2D eigenvalue weighted by Crippen LogP contribution is 2.31. The summed E-state index contributed by atoms with van der Waals surface area (Å²) in [6.07, 6.45) is 1.61. The number of methoxy groups -OCH3 is 1. The first kappa shape index (κ1) is 16.3. The van der Waals surface area contributed by atoms with Crippen LogP contribution in [0.4, 0.5) is 5.13 Å². The number of nitrogens with one attached hydrogen (secondary N) is 1. The number of nitrogens with zero attached hydrogens (tertiary/aromatic N) is 2. The lowest BCUT2D eigenvalue weighted by atomic mass is 10.1. The number of anilines is 1. The van der Waals surface area contributed by atoms with E-state index in [9.17, 15) is 5.11 Å². The average molecular weight is 360 g/mol. The molecule has 0 saturated carbocycles. The maximum Gasteiger partial charge on any atom is 0.203 e. The van der Waals surface area contributed by atoms with Crippen LogP contribution in [0.25, 0.3) is 11.3 Å². The van der Waals surface area contributed by atoms with Crippen LogP contribution in [0, 0.1) is 0 Å². The molecule has 1 heterocycles. The van der Waals surface area contributed by atoms with Crippen molar-refractivity contribution in [2.45, 2.75) is 0 Å². The number of benzene rings is 2. The summed E-state index contributed by atoms with van der Waals surface area (Å²) in [5, 5.41) is 16.4. The number of phenolic OH excluding ortho intramolecular Hbond substituents is 1. The number of ether oxygens (including phenoxy) is 1. The van der Waals surface area contributed by atoms with E-state index < -0.39 is 0 Å². The van der Waals surface area contributed by atoms with Crippen molar-refractivity contribution in [1.29, 1.82) is 0 Å². The van der Waals surface area contributed by atoms with Gasteiger partial charge in [-0.3, -0.25) is 5.43 Å². The molecule has 0 unspecified atom stereocenters. The highest BCUT2D eigenvalue weighted by atomic mass is 35.5. The minimum absolute atomic E-state index is 0.0446. The van der Waals surface area contributed by atoms with Crippen LogP contribution in [0.15, 0.2) is 52.9 Å². The van der Waals surface area contributed by atoms with Crippen LogP contribution >= 0.6 is 22.9 Å². The van der Waals surface area contributed by atoms with Gasteiger partial charge in [0.15, 0.2) is 0 Å². The zero-order valence-electron chi connectivity index (χ0n) is 12.7. The number of para-hydroxylation sites is 1. The fraction of sp³-hybridized carbons (Fsp3) is 0.0588. The van der Waals surface area contributed by atoms with Gasteiger partial charge < -0.3 is 9.84 Å². The van der Waals surface area contributed by atoms with Crippen molar-refractivity contribution in [2.24, 2.45) is 5.10 Å². The first-order chi connectivity index (χ1) is 11.7. The van der Waals surface area contributed by atoms with Gasteiger partial charge in [0.05, 0.1) is 24.0 Å². The van der Waals surface area contributed by atoms with Crippen LogP contribution in [0.2, 0.25) is 5.02 Å². The maximum absolute atomic E-state index is 9.39. The van der Waals surface area contributed by atoms with Gasteiger partial charge in [-0.25, -0.2) is 4.98 Å². The highest BCUT2D eigenvalue weighted by Gasteiger charge is 2.08. The predicted octanol–water partition coefficient (Wildman–Crippen LogP) is 4.62. The van der Waals surface area contributed by atoms with Crippen LogP contribution < -0.4 is 10.2 Å². The normalized spacial score (nSPS) is 10.9. The second-order valence-electron chi connectivity index (χ2n) is 4.82. The van der Waals surface area contributed by atoms with Crippen LogP contribution in [-0.4, -0.2) is 23.4 Å².